The highest BCUT2D eigenvalue weighted by atomic mass is 16.1. The molecule has 3 nitrogen and oxygen atoms in total. The second kappa shape index (κ2) is 6.01. The van der Waals surface area contributed by atoms with E-state index in [1.54, 1.807) is 0 Å². The van der Waals surface area contributed by atoms with Gasteiger partial charge in [0.2, 0.25) is 0 Å². The summed E-state index contributed by atoms with van der Waals surface area (Å²) >= 11 is 0. The molecule has 3 N–H and O–H groups in total. The fraction of sp³-hybridized carbons (Fsp3) is 0.227. The highest BCUT2D eigenvalue weighted by Gasteiger charge is 2.49. The van der Waals surface area contributed by atoms with E-state index in [2.05, 4.69) is 24.4 Å². The molecule has 3 aromatic carbocycles. The van der Waals surface area contributed by atoms with E-state index in [1.807, 2.05) is 54.6 Å². The van der Waals surface area contributed by atoms with Gasteiger partial charge in [0.05, 0.1) is 0 Å². The van der Waals surface area contributed by atoms with E-state index in [0.717, 1.165) is 29.3 Å². The smallest absolute Gasteiger partial charge is 0.255 e. The number of fused-ring (bicyclic) bond motifs is 1. The normalized spacial score (nSPS) is 21.9. The zero-order valence-corrected chi connectivity index (χ0v) is 14.3. The first-order chi connectivity index (χ1) is 12.1. The van der Waals surface area contributed by atoms with Crippen molar-refractivity contribution in [2.75, 3.05) is 5.32 Å². The van der Waals surface area contributed by atoms with Gasteiger partial charge in [0.1, 0.15) is 0 Å². The van der Waals surface area contributed by atoms with Gasteiger partial charge < -0.3 is 11.1 Å². The molecule has 0 radical (unpaired) electrons. The molecule has 3 heteroatoms. The van der Waals surface area contributed by atoms with E-state index >= 15 is 0 Å². The summed E-state index contributed by atoms with van der Waals surface area (Å²) in [6, 6.07) is 21.9. The van der Waals surface area contributed by atoms with E-state index < -0.39 is 0 Å². The number of nitrogens with one attached hydrogen (secondary N) is 1. The van der Waals surface area contributed by atoms with Crippen LogP contribution in [0.3, 0.4) is 0 Å². The molecule has 1 amide bonds. The van der Waals surface area contributed by atoms with Gasteiger partial charge >= 0.3 is 0 Å². The van der Waals surface area contributed by atoms with Crippen LogP contribution in [0.2, 0.25) is 0 Å². The third-order valence-electron chi connectivity index (χ3n) is 5.36. The Hall–Kier alpha value is -2.65. The molecule has 0 saturated heterocycles. The highest BCUT2D eigenvalue weighted by Crippen LogP contribution is 2.51. The Labute approximate surface area is 147 Å². The number of rotatable bonds is 4. The van der Waals surface area contributed by atoms with Gasteiger partial charge in [-0.15, -0.1) is 0 Å². The van der Waals surface area contributed by atoms with Gasteiger partial charge in [0.25, 0.3) is 5.91 Å². The summed E-state index contributed by atoms with van der Waals surface area (Å²) in [5.41, 5.74) is 8.99. The summed E-state index contributed by atoms with van der Waals surface area (Å²) in [5.74, 6) is 0.356. The lowest BCUT2D eigenvalue weighted by molar-refractivity contribution is 0.102. The van der Waals surface area contributed by atoms with Crippen LogP contribution >= 0.6 is 0 Å². The lowest BCUT2D eigenvalue weighted by Crippen LogP contribution is -2.22. The molecule has 0 aliphatic heterocycles. The van der Waals surface area contributed by atoms with Crippen LogP contribution in [0, 0.1) is 0 Å². The number of amides is 1. The van der Waals surface area contributed by atoms with Gasteiger partial charge in [-0.2, -0.15) is 0 Å². The molecule has 0 bridgehead atoms. The zero-order valence-electron chi connectivity index (χ0n) is 14.3. The van der Waals surface area contributed by atoms with Crippen molar-refractivity contribution in [2.45, 2.75) is 31.2 Å². The van der Waals surface area contributed by atoms with Crippen LogP contribution in [0.1, 0.15) is 41.6 Å². The molecular formula is C22H22N2O. The van der Waals surface area contributed by atoms with Gasteiger partial charge in [-0.05, 0) is 53.4 Å². The van der Waals surface area contributed by atoms with E-state index in [0.29, 0.717) is 11.5 Å². The molecule has 1 aliphatic rings. The summed E-state index contributed by atoms with van der Waals surface area (Å²) in [6.45, 7) is 2.14. The molecule has 0 heterocycles. The van der Waals surface area contributed by atoms with Gasteiger partial charge in [-0.3, -0.25) is 4.79 Å². The number of carbonyl (C=O) groups is 1. The number of anilines is 1. The van der Waals surface area contributed by atoms with E-state index in [1.165, 1.54) is 5.56 Å². The molecule has 25 heavy (non-hydrogen) atoms. The van der Waals surface area contributed by atoms with Crippen molar-refractivity contribution in [2.24, 2.45) is 5.73 Å². The standard InChI is InChI=1S/C22H22N2O/c1-2-22(23)14-20(22)16-9-11-19(12-10-16)24-21(25)18-8-7-15-5-3-4-6-17(15)13-18/h3-13,20H,2,14,23H2,1H3,(H,24,25)/t20-,22+/m0/s1. The average Bonchev–Trinajstić information content (AvgIpc) is 3.34. The third kappa shape index (κ3) is 3.03. The topological polar surface area (TPSA) is 55.1 Å². The molecule has 0 spiro atoms. The second-order valence-electron chi connectivity index (χ2n) is 6.98. The summed E-state index contributed by atoms with van der Waals surface area (Å²) in [6.07, 6.45) is 2.05. The predicted octanol–water partition coefficient (Wildman–Crippen LogP) is 4.69. The van der Waals surface area contributed by atoms with Crippen molar-refractivity contribution in [1.82, 2.24) is 0 Å². The predicted molar refractivity (Wildman–Crippen MR) is 103 cm³/mol. The van der Waals surface area contributed by atoms with E-state index in [9.17, 15) is 4.79 Å². The molecule has 0 aromatic heterocycles. The van der Waals surface area contributed by atoms with Gasteiger partial charge in [0.15, 0.2) is 0 Å². The molecule has 1 aliphatic carbocycles. The lowest BCUT2D eigenvalue weighted by Gasteiger charge is -2.10. The van der Waals surface area contributed by atoms with Gasteiger partial charge in [-0.25, -0.2) is 0 Å². The van der Waals surface area contributed by atoms with E-state index in [-0.39, 0.29) is 11.4 Å². The van der Waals surface area contributed by atoms with Crippen molar-refractivity contribution in [3.05, 3.63) is 77.9 Å². The van der Waals surface area contributed by atoms with Gasteiger partial charge in [0, 0.05) is 22.7 Å². The molecule has 4 rings (SSSR count). The fourth-order valence-corrected chi connectivity index (χ4v) is 3.49. The summed E-state index contributed by atoms with van der Waals surface area (Å²) < 4.78 is 0. The number of carbonyl (C=O) groups excluding carboxylic acids is 1. The third-order valence-corrected chi connectivity index (χ3v) is 5.36. The van der Waals surface area contributed by atoms with Crippen molar-refractivity contribution >= 4 is 22.4 Å². The molecule has 3 aromatic rings. The van der Waals surface area contributed by atoms with Crippen molar-refractivity contribution < 1.29 is 4.79 Å². The largest absolute Gasteiger partial charge is 0.325 e. The quantitative estimate of drug-likeness (QED) is 0.729. The maximum Gasteiger partial charge on any atom is 0.255 e. The van der Waals surface area contributed by atoms with Crippen molar-refractivity contribution in [3.8, 4) is 0 Å². The average molecular weight is 330 g/mol. The molecule has 1 saturated carbocycles. The maximum absolute atomic E-state index is 12.5. The van der Waals surface area contributed by atoms with Gasteiger partial charge in [-0.1, -0.05) is 49.4 Å². The van der Waals surface area contributed by atoms with Crippen LogP contribution in [-0.4, -0.2) is 11.4 Å². The molecule has 126 valence electrons. The fourth-order valence-electron chi connectivity index (χ4n) is 3.49. The van der Waals surface area contributed by atoms with Crippen LogP contribution < -0.4 is 11.1 Å². The first-order valence-electron chi connectivity index (χ1n) is 8.78. The molecule has 0 unspecified atom stereocenters. The Bertz CT molecular complexity index is 932. The minimum Gasteiger partial charge on any atom is -0.325 e. The molecular weight excluding hydrogens is 308 g/mol. The molecule has 2 atom stereocenters. The van der Waals surface area contributed by atoms with Crippen LogP contribution in [0.4, 0.5) is 5.69 Å². The van der Waals surface area contributed by atoms with Crippen LogP contribution in [0.25, 0.3) is 10.8 Å². The van der Waals surface area contributed by atoms with Crippen LogP contribution in [-0.2, 0) is 0 Å². The highest BCUT2D eigenvalue weighted by molar-refractivity contribution is 6.06. The summed E-state index contributed by atoms with van der Waals surface area (Å²) in [4.78, 5) is 12.5. The van der Waals surface area contributed by atoms with Crippen molar-refractivity contribution in [3.63, 3.8) is 0 Å². The first kappa shape index (κ1) is 15.9. The lowest BCUT2D eigenvalue weighted by atomic mass is 10.0. The Kier molecular flexibility index (Phi) is 3.81. The Balaban J connectivity index is 1.48. The monoisotopic (exact) mass is 330 g/mol. The van der Waals surface area contributed by atoms with Crippen molar-refractivity contribution in [1.29, 1.82) is 0 Å². The SMILES string of the molecule is CC[C@@]1(N)C[C@H]1c1ccc(NC(=O)c2ccc3ccccc3c2)cc1. The number of nitrogens with two attached hydrogens (primary N) is 1. The van der Waals surface area contributed by atoms with Crippen LogP contribution in [0.15, 0.2) is 66.7 Å². The number of hydrogen-bond acceptors (Lipinski definition) is 2. The summed E-state index contributed by atoms with van der Waals surface area (Å²) in [7, 11) is 0. The Morgan fingerprint density at radius 2 is 1.80 bits per heavy atom. The van der Waals surface area contributed by atoms with E-state index in [4.69, 9.17) is 5.73 Å². The first-order valence-corrected chi connectivity index (χ1v) is 8.78. The maximum atomic E-state index is 12.5. The van der Waals surface area contributed by atoms with Crippen LogP contribution in [0.5, 0.6) is 0 Å². The Morgan fingerprint density at radius 1 is 1.08 bits per heavy atom. The number of benzene rings is 3. The minimum atomic E-state index is -0.0911. The number of hydrogen-bond donors (Lipinski definition) is 2. The second-order valence-corrected chi connectivity index (χ2v) is 6.98. The zero-order chi connectivity index (χ0) is 17.4. The summed E-state index contributed by atoms with van der Waals surface area (Å²) in [5, 5.41) is 5.18. The molecule has 1 fully saturated rings. The Morgan fingerprint density at radius 3 is 2.48 bits per heavy atom. The minimum absolute atomic E-state index is 0.0319.